The van der Waals surface area contributed by atoms with Crippen LogP contribution in [0.15, 0.2) is 34.6 Å². The number of rotatable bonds is 9. The summed E-state index contributed by atoms with van der Waals surface area (Å²) in [6.07, 6.45) is 4.47. The van der Waals surface area contributed by atoms with E-state index in [1.54, 1.807) is 0 Å². The van der Waals surface area contributed by atoms with Gasteiger partial charge >= 0.3 is 0 Å². The van der Waals surface area contributed by atoms with Gasteiger partial charge in [0.05, 0.1) is 28.6 Å². The molecule has 1 aliphatic heterocycles. The van der Waals surface area contributed by atoms with Gasteiger partial charge in [-0.25, -0.2) is 8.70 Å². The number of aliphatic hydroxyl groups excluding tert-OH is 1. The van der Waals surface area contributed by atoms with Crippen LogP contribution >= 0.6 is 35.1 Å². The van der Waals surface area contributed by atoms with E-state index < -0.39 is 11.9 Å². The molecule has 0 aromatic carbocycles. The van der Waals surface area contributed by atoms with Crippen molar-refractivity contribution in [2.45, 2.75) is 45.1 Å². The molecule has 4 nitrogen and oxygen atoms in total. The fourth-order valence-corrected chi connectivity index (χ4v) is 5.28. The highest BCUT2D eigenvalue weighted by molar-refractivity contribution is 7.97. The third kappa shape index (κ3) is 5.76. The number of aliphatic hydroxyl groups is 1. The molecular weight excluding hydrogens is 422 g/mol. The first-order valence-corrected chi connectivity index (χ1v) is 11.3. The van der Waals surface area contributed by atoms with Crippen LogP contribution in [0.2, 0.25) is 0 Å². The second kappa shape index (κ2) is 10.5. The number of carbonyl (C=O) groups is 1. The Hall–Kier alpha value is -0.530. The molecule has 2 fully saturated rings. The summed E-state index contributed by atoms with van der Waals surface area (Å²) < 4.78 is 16.5. The van der Waals surface area contributed by atoms with Crippen molar-refractivity contribution in [3.8, 4) is 0 Å². The van der Waals surface area contributed by atoms with Gasteiger partial charge < -0.3 is 10.4 Å². The van der Waals surface area contributed by atoms with Crippen LogP contribution < -0.4 is 5.32 Å². The van der Waals surface area contributed by atoms with Crippen molar-refractivity contribution in [3.05, 3.63) is 34.6 Å². The molecule has 2 unspecified atom stereocenters. The zero-order chi connectivity index (χ0) is 20.9. The Balaban J connectivity index is 2.24. The summed E-state index contributed by atoms with van der Waals surface area (Å²) in [6.45, 7) is 10.6. The number of hydrogen-bond donors (Lipinski definition) is 2. The normalized spacial score (nSPS) is 24.0. The van der Waals surface area contributed by atoms with E-state index in [-0.39, 0.29) is 39.5 Å². The Morgan fingerprint density at radius 2 is 2.04 bits per heavy atom. The van der Waals surface area contributed by atoms with Gasteiger partial charge in [-0.05, 0) is 24.7 Å². The molecule has 0 bridgehead atoms. The molecule has 1 aliphatic carbocycles. The number of nitrogens with zero attached hydrogens (tertiary/aromatic N) is 1. The minimum Gasteiger partial charge on any atom is -0.395 e. The van der Waals surface area contributed by atoms with Crippen molar-refractivity contribution < 1.29 is 14.3 Å². The van der Waals surface area contributed by atoms with Gasteiger partial charge in [0.1, 0.15) is 5.83 Å². The van der Waals surface area contributed by atoms with Crippen LogP contribution in [0, 0.1) is 11.3 Å². The van der Waals surface area contributed by atoms with E-state index in [1.165, 1.54) is 11.9 Å². The van der Waals surface area contributed by atoms with Crippen molar-refractivity contribution >= 4 is 41.1 Å². The lowest BCUT2D eigenvalue weighted by molar-refractivity contribution is -0.125. The fourth-order valence-electron chi connectivity index (χ4n) is 4.10. The van der Waals surface area contributed by atoms with Gasteiger partial charge in [-0.2, -0.15) is 0 Å². The predicted molar refractivity (Wildman–Crippen MR) is 116 cm³/mol. The van der Waals surface area contributed by atoms with Crippen LogP contribution in [0.3, 0.4) is 0 Å². The molecule has 2 aliphatic rings. The first-order chi connectivity index (χ1) is 13.2. The fraction of sp³-hybridized carbons (Fsp3) is 0.650. The van der Waals surface area contributed by atoms with Crippen molar-refractivity contribution in [1.29, 1.82) is 0 Å². The van der Waals surface area contributed by atoms with Gasteiger partial charge in [0.25, 0.3) is 0 Å². The minimum atomic E-state index is -0.697. The van der Waals surface area contributed by atoms with E-state index in [0.717, 1.165) is 38.6 Å². The summed E-state index contributed by atoms with van der Waals surface area (Å²) in [6, 6.07) is -0.609. The SMILES string of the molecule is C=C(Cl)/C(Cl)=C(\C(=C)F)C(NC(=O)C1CCN(SCCO)C1)C1(C)CCCC1. The molecule has 8 heteroatoms. The van der Waals surface area contributed by atoms with E-state index in [2.05, 4.69) is 22.8 Å². The smallest absolute Gasteiger partial charge is 0.224 e. The average Bonchev–Trinajstić information content (AvgIpc) is 3.28. The first-order valence-electron chi connectivity index (χ1n) is 9.58. The lowest BCUT2D eigenvalue weighted by Gasteiger charge is -2.37. The zero-order valence-electron chi connectivity index (χ0n) is 16.3. The third-order valence-corrected chi connectivity index (χ3v) is 7.45. The van der Waals surface area contributed by atoms with Crippen molar-refractivity contribution in [2.24, 2.45) is 11.3 Å². The number of allylic oxidation sites excluding steroid dienone is 2. The monoisotopic (exact) mass is 450 g/mol. The first kappa shape index (κ1) is 23.7. The van der Waals surface area contributed by atoms with E-state index in [4.69, 9.17) is 28.3 Å². The van der Waals surface area contributed by atoms with Crippen molar-refractivity contribution in [2.75, 3.05) is 25.4 Å². The highest BCUT2D eigenvalue weighted by Crippen LogP contribution is 2.46. The lowest BCUT2D eigenvalue weighted by atomic mass is 9.76. The summed E-state index contributed by atoms with van der Waals surface area (Å²) >= 11 is 13.8. The maximum absolute atomic E-state index is 14.5. The Morgan fingerprint density at radius 3 is 2.57 bits per heavy atom. The highest BCUT2D eigenvalue weighted by Gasteiger charge is 2.43. The molecule has 2 N–H and O–H groups in total. The van der Waals surface area contributed by atoms with Crippen molar-refractivity contribution in [1.82, 2.24) is 9.62 Å². The van der Waals surface area contributed by atoms with Gasteiger partial charge in [0.15, 0.2) is 0 Å². The summed E-state index contributed by atoms with van der Waals surface area (Å²) in [5.74, 6) is -0.395. The molecule has 0 radical (unpaired) electrons. The van der Waals surface area contributed by atoms with Crippen LogP contribution in [0.25, 0.3) is 0 Å². The second-order valence-electron chi connectivity index (χ2n) is 7.77. The third-order valence-electron chi connectivity index (χ3n) is 5.67. The van der Waals surface area contributed by atoms with E-state index in [1.807, 2.05) is 6.92 Å². The van der Waals surface area contributed by atoms with Gasteiger partial charge in [-0.1, -0.05) is 68.1 Å². The van der Waals surface area contributed by atoms with E-state index in [0.29, 0.717) is 12.3 Å². The molecule has 1 saturated heterocycles. The van der Waals surface area contributed by atoms with Gasteiger partial charge in [0, 0.05) is 24.4 Å². The Bertz CT molecular complexity index is 650. The maximum Gasteiger partial charge on any atom is 0.224 e. The van der Waals surface area contributed by atoms with E-state index >= 15 is 0 Å². The summed E-state index contributed by atoms with van der Waals surface area (Å²) in [5.41, 5.74) is -0.194. The summed E-state index contributed by atoms with van der Waals surface area (Å²) in [7, 11) is 0. The van der Waals surface area contributed by atoms with Gasteiger partial charge in [0.2, 0.25) is 5.91 Å². The van der Waals surface area contributed by atoms with Crippen LogP contribution in [0.5, 0.6) is 0 Å². The molecule has 158 valence electrons. The van der Waals surface area contributed by atoms with Crippen LogP contribution in [-0.2, 0) is 4.79 Å². The lowest BCUT2D eigenvalue weighted by Crippen LogP contribution is -2.49. The molecule has 28 heavy (non-hydrogen) atoms. The van der Waals surface area contributed by atoms with Crippen LogP contribution in [0.4, 0.5) is 4.39 Å². The Morgan fingerprint density at radius 1 is 1.39 bits per heavy atom. The minimum absolute atomic E-state index is 0.0131. The number of halogens is 3. The number of nitrogens with one attached hydrogen (secondary N) is 1. The number of amides is 1. The number of hydrogen-bond acceptors (Lipinski definition) is 4. The predicted octanol–water partition coefficient (Wildman–Crippen LogP) is 4.74. The number of carbonyl (C=O) groups excluding carboxylic acids is 1. The average molecular weight is 451 g/mol. The topological polar surface area (TPSA) is 52.6 Å². The molecule has 2 rings (SSSR count). The maximum atomic E-state index is 14.5. The molecule has 0 aromatic heterocycles. The molecule has 1 saturated carbocycles. The summed E-state index contributed by atoms with van der Waals surface area (Å²) in [4.78, 5) is 13.0. The Labute approximate surface area is 181 Å². The molecule has 1 amide bonds. The second-order valence-corrected chi connectivity index (χ2v) is 9.79. The van der Waals surface area contributed by atoms with Gasteiger partial charge in [-0.15, -0.1) is 0 Å². The van der Waals surface area contributed by atoms with Crippen LogP contribution in [-0.4, -0.2) is 46.8 Å². The molecule has 0 spiro atoms. The quantitative estimate of drug-likeness (QED) is 0.393. The van der Waals surface area contributed by atoms with Crippen LogP contribution in [0.1, 0.15) is 39.0 Å². The largest absolute Gasteiger partial charge is 0.395 e. The zero-order valence-corrected chi connectivity index (χ0v) is 18.6. The molecule has 2 atom stereocenters. The molecule has 1 heterocycles. The van der Waals surface area contributed by atoms with E-state index in [9.17, 15) is 9.18 Å². The Kier molecular flexibility index (Phi) is 8.89. The molecular formula is C20H29Cl2FN2O2S. The molecule has 0 aromatic rings. The summed E-state index contributed by atoms with van der Waals surface area (Å²) in [5, 5.41) is 12.1. The van der Waals surface area contributed by atoms with Gasteiger partial charge in [-0.3, -0.25) is 4.79 Å². The standard InChI is InChI=1S/C20H29Cl2FN2O2S/c1-13(21)17(22)16(14(2)23)18(20(3)7-4-5-8-20)24-19(27)15-6-9-25(12-15)28-11-10-26/h15,18,26H,1-2,4-12H2,3H3,(H,24,27)/b17-16-. The van der Waals surface area contributed by atoms with Crippen molar-refractivity contribution in [3.63, 3.8) is 0 Å². The highest BCUT2D eigenvalue weighted by atomic mass is 35.5.